The molecule has 3 aromatic rings. The Labute approximate surface area is 173 Å². The Morgan fingerprint density at radius 3 is 2.42 bits per heavy atom. The number of nitrogens with one attached hydrogen (secondary N) is 2. The van der Waals surface area contributed by atoms with Crippen molar-refractivity contribution in [2.45, 2.75) is 13.1 Å². The highest BCUT2D eigenvalue weighted by Crippen LogP contribution is 2.23. The highest BCUT2D eigenvalue weighted by Gasteiger charge is 2.05. The fourth-order valence-electron chi connectivity index (χ4n) is 2.28. The first-order valence-corrected chi connectivity index (χ1v) is 8.81. The molecule has 0 saturated heterocycles. The van der Waals surface area contributed by atoms with Crippen LogP contribution in [0.1, 0.15) is 11.3 Å². The predicted octanol–water partition coefficient (Wildman–Crippen LogP) is 4.43. The van der Waals surface area contributed by atoms with Gasteiger partial charge >= 0.3 is 0 Å². The maximum atomic E-state index is 12.9. The minimum Gasteiger partial charge on any atom is -0.352 e. The molecular formula is C19H20FIN4S. The van der Waals surface area contributed by atoms with E-state index in [1.54, 1.807) is 30.5 Å². The lowest BCUT2D eigenvalue weighted by molar-refractivity contribution is 0.626. The molecule has 0 radical (unpaired) electrons. The van der Waals surface area contributed by atoms with E-state index in [9.17, 15) is 4.39 Å². The molecule has 0 aliphatic heterocycles. The number of thiazole rings is 1. The van der Waals surface area contributed by atoms with Gasteiger partial charge in [-0.05, 0) is 17.7 Å². The topological polar surface area (TPSA) is 49.3 Å². The smallest absolute Gasteiger partial charge is 0.191 e. The number of rotatable bonds is 5. The van der Waals surface area contributed by atoms with Crippen LogP contribution >= 0.6 is 35.3 Å². The van der Waals surface area contributed by atoms with Crippen molar-refractivity contribution in [3.8, 4) is 10.6 Å². The molecule has 0 spiro atoms. The highest BCUT2D eigenvalue weighted by molar-refractivity contribution is 14.0. The van der Waals surface area contributed by atoms with E-state index in [0.29, 0.717) is 19.0 Å². The van der Waals surface area contributed by atoms with Crippen molar-refractivity contribution in [3.05, 3.63) is 77.1 Å². The second-order valence-electron chi connectivity index (χ2n) is 5.42. The highest BCUT2D eigenvalue weighted by atomic mass is 127. The van der Waals surface area contributed by atoms with Crippen LogP contribution < -0.4 is 10.6 Å². The van der Waals surface area contributed by atoms with Crippen molar-refractivity contribution in [1.29, 1.82) is 0 Å². The van der Waals surface area contributed by atoms with Gasteiger partial charge in [0.1, 0.15) is 10.8 Å². The number of aromatic nitrogens is 1. The molecule has 1 heterocycles. The normalized spacial score (nSPS) is 10.9. The second kappa shape index (κ2) is 10.2. The molecule has 2 aromatic carbocycles. The molecule has 0 aliphatic rings. The molecule has 1 aromatic heterocycles. The van der Waals surface area contributed by atoms with Crippen molar-refractivity contribution in [3.63, 3.8) is 0 Å². The Kier molecular flexibility index (Phi) is 7.99. The van der Waals surface area contributed by atoms with Gasteiger partial charge < -0.3 is 10.6 Å². The van der Waals surface area contributed by atoms with Gasteiger partial charge in [0, 0.05) is 24.5 Å². The van der Waals surface area contributed by atoms with Crippen LogP contribution in [0.15, 0.2) is 65.0 Å². The molecule has 4 nitrogen and oxygen atoms in total. The number of nitrogens with zero attached hydrogens (tertiary/aromatic N) is 2. The van der Waals surface area contributed by atoms with E-state index < -0.39 is 0 Å². The molecule has 0 amide bonds. The summed E-state index contributed by atoms with van der Waals surface area (Å²) in [7, 11) is 1.72. The zero-order chi connectivity index (χ0) is 17.5. The minimum absolute atomic E-state index is 0. The lowest BCUT2D eigenvalue weighted by Crippen LogP contribution is -2.36. The number of hydrogen-bond donors (Lipinski definition) is 2. The van der Waals surface area contributed by atoms with Crippen LogP contribution in [0.25, 0.3) is 10.6 Å². The first-order chi connectivity index (χ1) is 12.2. The van der Waals surface area contributed by atoms with E-state index >= 15 is 0 Å². The predicted molar refractivity (Wildman–Crippen MR) is 116 cm³/mol. The number of halogens is 2. The third kappa shape index (κ3) is 5.77. The Morgan fingerprint density at radius 1 is 1.04 bits per heavy atom. The van der Waals surface area contributed by atoms with Crippen molar-refractivity contribution in [2.75, 3.05) is 7.05 Å². The van der Waals surface area contributed by atoms with Crippen molar-refractivity contribution < 1.29 is 4.39 Å². The number of aliphatic imine (C=N–C) groups is 1. The summed E-state index contributed by atoms with van der Waals surface area (Å²) in [6, 6.07) is 16.5. The second-order valence-corrected chi connectivity index (χ2v) is 6.27. The lowest BCUT2D eigenvalue weighted by Gasteiger charge is -2.11. The van der Waals surface area contributed by atoms with Crippen LogP contribution in [0.2, 0.25) is 0 Å². The van der Waals surface area contributed by atoms with E-state index in [1.807, 2.05) is 23.6 Å². The molecule has 26 heavy (non-hydrogen) atoms. The van der Waals surface area contributed by atoms with E-state index in [2.05, 4.69) is 32.7 Å². The molecule has 2 N–H and O–H groups in total. The van der Waals surface area contributed by atoms with Gasteiger partial charge in [0.25, 0.3) is 0 Å². The van der Waals surface area contributed by atoms with E-state index in [4.69, 9.17) is 0 Å². The summed E-state index contributed by atoms with van der Waals surface area (Å²) in [5, 5.41) is 9.50. The SMILES string of the molecule is CN=C(NCc1ccc(F)cc1)NCc1csc(-c2ccccc2)n1.I. The Morgan fingerprint density at radius 2 is 1.73 bits per heavy atom. The number of hydrogen-bond acceptors (Lipinski definition) is 3. The molecule has 0 atom stereocenters. The fraction of sp³-hybridized carbons (Fsp3) is 0.158. The van der Waals surface area contributed by atoms with E-state index in [0.717, 1.165) is 21.8 Å². The van der Waals surface area contributed by atoms with Crippen LogP contribution in [-0.2, 0) is 13.1 Å². The quantitative estimate of drug-likeness (QED) is 0.322. The first-order valence-electron chi connectivity index (χ1n) is 7.93. The monoisotopic (exact) mass is 482 g/mol. The van der Waals surface area contributed by atoms with Gasteiger partial charge in [-0.15, -0.1) is 35.3 Å². The molecule has 3 rings (SSSR count). The Bertz CT molecular complexity index is 834. The first kappa shape index (κ1) is 20.3. The molecule has 0 bridgehead atoms. The van der Waals surface area contributed by atoms with E-state index in [-0.39, 0.29) is 29.8 Å². The fourth-order valence-corrected chi connectivity index (χ4v) is 3.11. The average Bonchev–Trinajstić information content (AvgIpc) is 3.13. The Hall–Kier alpha value is -2.00. The summed E-state index contributed by atoms with van der Waals surface area (Å²) in [5.41, 5.74) is 3.08. The summed E-state index contributed by atoms with van der Waals surface area (Å²) in [6.07, 6.45) is 0. The summed E-state index contributed by atoms with van der Waals surface area (Å²) in [4.78, 5) is 8.84. The van der Waals surface area contributed by atoms with Gasteiger partial charge in [-0.3, -0.25) is 4.99 Å². The minimum atomic E-state index is -0.232. The Balaban J connectivity index is 0.00000243. The molecule has 0 saturated carbocycles. The van der Waals surface area contributed by atoms with Crippen LogP contribution in [0, 0.1) is 5.82 Å². The summed E-state index contributed by atoms with van der Waals surface area (Å²) >= 11 is 1.63. The van der Waals surface area contributed by atoms with Crippen LogP contribution in [0.3, 0.4) is 0 Å². The summed E-state index contributed by atoms with van der Waals surface area (Å²) in [6.45, 7) is 1.17. The van der Waals surface area contributed by atoms with Gasteiger partial charge in [-0.25, -0.2) is 9.37 Å². The largest absolute Gasteiger partial charge is 0.352 e. The third-order valence-electron chi connectivity index (χ3n) is 3.61. The molecule has 0 unspecified atom stereocenters. The van der Waals surface area contributed by atoms with Crippen molar-refractivity contribution in [1.82, 2.24) is 15.6 Å². The molecule has 136 valence electrons. The van der Waals surface area contributed by atoms with Crippen LogP contribution in [-0.4, -0.2) is 18.0 Å². The number of benzene rings is 2. The van der Waals surface area contributed by atoms with Crippen LogP contribution in [0.4, 0.5) is 4.39 Å². The van der Waals surface area contributed by atoms with E-state index in [1.165, 1.54) is 12.1 Å². The molecule has 0 fully saturated rings. The zero-order valence-corrected chi connectivity index (χ0v) is 17.4. The van der Waals surface area contributed by atoms with Gasteiger partial charge in [0.2, 0.25) is 0 Å². The maximum absolute atomic E-state index is 12.9. The maximum Gasteiger partial charge on any atom is 0.191 e. The summed E-state index contributed by atoms with van der Waals surface area (Å²) < 4.78 is 12.9. The van der Waals surface area contributed by atoms with Crippen molar-refractivity contribution in [2.24, 2.45) is 4.99 Å². The standard InChI is InChI=1S/C19H19FN4S.HI/c1-21-19(22-11-14-7-9-16(20)10-8-14)23-12-17-13-25-18(24-17)15-5-3-2-4-6-15;/h2-10,13H,11-12H2,1H3,(H2,21,22,23);1H. The average molecular weight is 482 g/mol. The van der Waals surface area contributed by atoms with Gasteiger partial charge in [-0.2, -0.15) is 0 Å². The summed E-state index contributed by atoms with van der Waals surface area (Å²) in [5.74, 6) is 0.447. The van der Waals surface area contributed by atoms with Gasteiger partial charge in [0.15, 0.2) is 5.96 Å². The zero-order valence-electron chi connectivity index (χ0n) is 14.3. The van der Waals surface area contributed by atoms with Gasteiger partial charge in [0.05, 0.1) is 12.2 Å². The molecule has 7 heteroatoms. The number of guanidine groups is 1. The van der Waals surface area contributed by atoms with Crippen molar-refractivity contribution >= 4 is 41.3 Å². The van der Waals surface area contributed by atoms with Gasteiger partial charge in [-0.1, -0.05) is 42.5 Å². The molecule has 0 aliphatic carbocycles. The van der Waals surface area contributed by atoms with Crippen LogP contribution in [0.5, 0.6) is 0 Å². The third-order valence-corrected chi connectivity index (χ3v) is 4.55. The lowest BCUT2D eigenvalue weighted by atomic mass is 10.2. The molecular weight excluding hydrogens is 462 g/mol.